The third-order valence-electron chi connectivity index (χ3n) is 2.14. The van der Waals surface area contributed by atoms with Gasteiger partial charge in [-0.1, -0.05) is 0 Å². The maximum absolute atomic E-state index is 11.3. The highest BCUT2D eigenvalue weighted by atomic mass is 16.2. The minimum absolute atomic E-state index is 0.366. The Bertz CT molecular complexity index is 269. The van der Waals surface area contributed by atoms with Crippen LogP contribution in [0, 0.1) is 0 Å². The van der Waals surface area contributed by atoms with Crippen molar-refractivity contribution in [1.82, 2.24) is 20.9 Å². The van der Waals surface area contributed by atoms with Gasteiger partial charge >= 0.3 is 11.8 Å². The number of carbonyl (C=O) groups is 3. The van der Waals surface area contributed by atoms with E-state index in [0.717, 1.165) is 13.0 Å². The van der Waals surface area contributed by atoms with E-state index >= 15 is 0 Å². The molecular weight excluding hydrogens is 236 g/mol. The summed E-state index contributed by atoms with van der Waals surface area (Å²) in [6.07, 6.45) is 1.99. The van der Waals surface area contributed by atoms with E-state index in [2.05, 4.69) is 16.0 Å². The van der Waals surface area contributed by atoms with Crippen LogP contribution in [0.1, 0.15) is 12.8 Å². The maximum Gasteiger partial charge on any atom is 0.309 e. The van der Waals surface area contributed by atoms with Crippen LogP contribution in [-0.4, -0.2) is 63.4 Å². The number of rotatable bonds is 9. The minimum atomic E-state index is -0.633. The second-order valence-electron chi connectivity index (χ2n) is 4.09. The highest BCUT2D eigenvalue weighted by molar-refractivity contribution is 6.35. The molecule has 0 aliphatic heterocycles. The Morgan fingerprint density at radius 1 is 1.00 bits per heavy atom. The number of nitrogens with one attached hydrogen (secondary N) is 3. The first-order chi connectivity index (χ1) is 8.57. The van der Waals surface area contributed by atoms with Gasteiger partial charge in [0.1, 0.15) is 0 Å². The molecule has 0 spiro atoms. The summed E-state index contributed by atoms with van der Waals surface area (Å²) in [6.45, 7) is 2.19. The number of amides is 3. The number of nitrogens with zero attached hydrogens (tertiary/aromatic N) is 1. The summed E-state index contributed by atoms with van der Waals surface area (Å²) in [7, 11) is 3.89. The highest BCUT2D eigenvalue weighted by Crippen LogP contribution is 1.81. The third kappa shape index (κ3) is 9.59. The molecule has 0 unspecified atom stereocenters. The Balaban J connectivity index is 3.51. The lowest BCUT2D eigenvalue weighted by Gasteiger charge is -2.09. The largest absolute Gasteiger partial charge is 0.359 e. The van der Waals surface area contributed by atoms with Gasteiger partial charge in [0.25, 0.3) is 0 Å². The molecule has 0 rings (SSSR count). The lowest BCUT2D eigenvalue weighted by molar-refractivity contribution is -0.139. The molecular formula is C11H22N4O3. The number of hydrogen-bond acceptors (Lipinski definition) is 4. The van der Waals surface area contributed by atoms with E-state index in [-0.39, 0.29) is 0 Å². The predicted molar refractivity (Wildman–Crippen MR) is 67.9 cm³/mol. The van der Waals surface area contributed by atoms with Gasteiger partial charge in [-0.05, 0) is 33.5 Å². The fourth-order valence-corrected chi connectivity index (χ4v) is 1.21. The van der Waals surface area contributed by atoms with E-state index in [9.17, 15) is 14.4 Å². The zero-order chi connectivity index (χ0) is 13.8. The molecule has 0 fully saturated rings. The van der Waals surface area contributed by atoms with Crippen LogP contribution in [0.15, 0.2) is 0 Å². The Morgan fingerprint density at radius 3 is 2.06 bits per heavy atom. The Morgan fingerprint density at radius 2 is 1.56 bits per heavy atom. The summed E-state index contributed by atoms with van der Waals surface area (Å²) in [6, 6.07) is 0. The summed E-state index contributed by atoms with van der Waals surface area (Å²) < 4.78 is 0. The first-order valence-electron chi connectivity index (χ1n) is 5.95. The topological polar surface area (TPSA) is 90.5 Å². The molecule has 0 aliphatic carbocycles. The van der Waals surface area contributed by atoms with Gasteiger partial charge in [0.2, 0.25) is 6.41 Å². The van der Waals surface area contributed by atoms with E-state index in [0.29, 0.717) is 32.5 Å². The van der Waals surface area contributed by atoms with Gasteiger partial charge in [-0.15, -0.1) is 0 Å². The fourth-order valence-electron chi connectivity index (χ4n) is 1.21. The van der Waals surface area contributed by atoms with Crippen molar-refractivity contribution in [1.29, 1.82) is 0 Å². The molecule has 0 atom stereocenters. The van der Waals surface area contributed by atoms with Gasteiger partial charge in [-0.25, -0.2) is 0 Å². The van der Waals surface area contributed by atoms with Crippen molar-refractivity contribution in [2.75, 3.05) is 40.3 Å². The summed E-state index contributed by atoms with van der Waals surface area (Å²) in [4.78, 5) is 34.5. The van der Waals surface area contributed by atoms with Crippen LogP contribution in [0.5, 0.6) is 0 Å². The van der Waals surface area contributed by atoms with Crippen LogP contribution >= 0.6 is 0 Å². The van der Waals surface area contributed by atoms with Gasteiger partial charge in [0, 0.05) is 19.6 Å². The molecule has 0 radical (unpaired) electrons. The standard InChI is InChI=1S/C11H22N4O3/c1-15(2)8-4-7-14-11(18)10(17)13-6-3-5-12-9-16/h9H,3-8H2,1-2H3,(H,12,16)(H,13,17)(H,14,18). The molecule has 0 aromatic carbocycles. The third-order valence-corrected chi connectivity index (χ3v) is 2.14. The maximum atomic E-state index is 11.3. The van der Waals surface area contributed by atoms with Crippen molar-refractivity contribution in [2.45, 2.75) is 12.8 Å². The van der Waals surface area contributed by atoms with Gasteiger partial charge in [0.15, 0.2) is 0 Å². The Labute approximate surface area is 107 Å². The summed E-state index contributed by atoms with van der Waals surface area (Å²) in [5, 5.41) is 7.48. The van der Waals surface area contributed by atoms with E-state index in [1.54, 1.807) is 0 Å². The second-order valence-corrected chi connectivity index (χ2v) is 4.09. The lowest BCUT2D eigenvalue weighted by Crippen LogP contribution is -2.41. The van der Waals surface area contributed by atoms with E-state index in [4.69, 9.17) is 0 Å². The summed E-state index contributed by atoms with van der Waals surface area (Å²) in [5.41, 5.74) is 0. The van der Waals surface area contributed by atoms with Crippen LogP contribution in [0.4, 0.5) is 0 Å². The number of carbonyl (C=O) groups excluding carboxylic acids is 3. The average Bonchev–Trinajstić information content (AvgIpc) is 2.33. The number of hydrogen-bond donors (Lipinski definition) is 3. The highest BCUT2D eigenvalue weighted by Gasteiger charge is 2.11. The molecule has 0 heterocycles. The van der Waals surface area contributed by atoms with Crippen LogP contribution < -0.4 is 16.0 Å². The summed E-state index contributed by atoms with van der Waals surface area (Å²) in [5.74, 6) is -1.25. The summed E-state index contributed by atoms with van der Waals surface area (Å²) >= 11 is 0. The van der Waals surface area contributed by atoms with Crippen molar-refractivity contribution >= 4 is 18.2 Å². The molecule has 0 aliphatic rings. The molecule has 3 N–H and O–H groups in total. The quantitative estimate of drug-likeness (QED) is 0.261. The first-order valence-corrected chi connectivity index (χ1v) is 5.95. The van der Waals surface area contributed by atoms with E-state index in [1.807, 2.05) is 19.0 Å². The normalized spacial score (nSPS) is 9.94. The minimum Gasteiger partial charge on any atom is -0.359 e. The molecule has 0 aromatic rings. The molecule has 0 saturated carbocycles. The van der Waals surface area contributed by atoms with Crippen molar-refractivity contribution in [3.05, 3.63) is 0 Å². The van der Waals surface area contributed by atoms with Gasteiger partial charge in [-0.3, -0.25) is 14.4 Å². The molecule has 0 aromatic heterocycles. The SMILES string of the molecule is CN(C)CCCNC(=O)C(=O)NCCCNC=O. The smallest absolute Gasteiger partial charge is 0.309 e. The Hall–Kier alpha value is -1.63. The Kier molecular flexibility index (Phi) is 9.57. The zero-order valence-electron chi connectivity index (χ0n) is 11.0. The van der Waals surface area contributed by atoms with Gasteiger partial charge < -0.3 is 20.9 Å². The molecule has 104 valence electrons. The molecule has 0 bridgehead atoms. The van der Waals surface area contributed by atoms with E-state index in [1.165, 1.54) is 0 Å². The van der Waals surface area contributed by atoms with Crippen molar-refractivity contribution < 1.29 is 14.4 Å². The zero-order valence-corrected chi connectivity index (χ0v) is 11.0. The first kappa shape index (κ1) is 16.4. The van der Waals surface area contributed by atoms with Crippen molar-refractivity contribution in [3.63, 3.8) is 0 Å². The molecule has 7 nitrogen and oxygen atoms in total. The van der Waals surface area contributed by atoms with Crippen LogP contribution in [-0.2, 0) is 14.4 Å². The van der Waals surface area contributed by atoms with Gasteiger partial charge in [0.05, 0.1) is 0 Å². The van der Waals surface area contributed by atoms with E-state index < -0.39 is 11.8 Å². The average molecular weight is 258 g/mol. The van der Waals surface area contributed by atoms with Gasteiger partial charge in [-0.2, -0.15) is 0 Å². The van der Waals surface area contributed by atoms with Crippen molar-refractivity contribution in [3.8, 4) is 0 Å². The monoisotopic (exact) mass is 258 g/mol. The van der Waals surface area contributed by atoms with Crippen LogP contribution in [0.3, 0.4) is 0 Å². The lowest BCUT2D eigenvalue weighted by atomic mass is 10.4. The van der Waals surface area contributed by atoms with Crippen LogP contribution in [0.2, 0.25) is 0 Å². The fraction of sp³-hybridized carbons (Fsp3) is 0.727. The second kappa shape index (κ2) is 10.5. The molecule has 0 saturated heterocycles. The molecule has 7 heteroatoms. The van der Waals surface area contributed by atoms with Crippen molar-refractivity contribution in [2.24, 2.45) is 0 Å². The predicted octanol–water partition coefficient (Wildman–Crippen LogP) is -1.69. The molecule has 18 heavy (non-hydrogen) atoms. The molecule has 3 amide bonds. The van der Waals surface area contributed by atoms with Crippen LogP contribution in [0.25, 0.3) is 0 Å².